The zero-order valence-corrected chi connectivity index (χ0v) is 17.2. The van der Waals surface area contributed by atoms with E-state index in [1.807, 2.05) is 36.4 Å². The first-order valence-corrected chi connectivity index (χ1v) is 10.2. The summed E-state index contributed by atoms with van der Waals surface area (Å²) in [5, 5.41) is 9.20. The minimum atomic E-state index is -0.693. The number of hydrogen-bond donors (Lipinski definition) is 2. The molecule has 3 aromatic rings. The second-order valence-corrected chi connectivity index (χ2v) is 7.69. The topological polar surface area (TPSA) is 104 Å². The molecule has 0 saturated heterocycles. The molecule has 0 spiro atoms. The van der Waals surface area contributed by atoms with E-state index in [-0.39, 0.29) is 11.7 Å². The van der Waals surface area contributed by atoms with Gasteiger partial charge in [0, 0.05) is 29.5 Å². The number of aryl methyl sites for hydroxylation is 1. The van der Waals surface area contributed by atoms with E-state index < -0.39 is 11.9 Å². The first kappa shape index (κ1) is 19.7. The SMILES string of the molecule is Cc1nc(C(=O)N[C@H]2CSc3ccc(C#Cc4ccccn4)cc3N(C)C2=O)n[nH]1. The Morgan fingerprint density at radius 3 is 2.90 bits per heavy atom. The Bertz CT molecular complexity index is 1160. The van der Waals surface area contributed by atoms with Crippen molar-refractivity contribution < 1.29 is 9.59 Å². The van der Waals surface area contributed by atoms with Crippen LogP contribution in [0.15, 0.2) is 47.5 Å². The van der Waals surface area contributed by atoms with Gasteiger partial charge in [-0.25, -0.2) is 9.97 Å². The standard InChI is InChI=1S/C21H18N6O2S/c1-13-23-19(26-25-13)20(28)24-16-12-30-18-9-7-14(11-17(18)27(2)21(16)29)6-8-15-5-3-4-10-22-15/h3-5,7,9-11,16H,12H2,1-2H3,(H,24,28)(H,23,25,26)/t16-/m0/s1. The summed E-state index contributed by atoms with van der Waals surface area (Å²) >= 11 is 1.50. The van der Waals surface area contributed by atoms with Crippen LogP contribution < -0.4 is 10.2 Å². The van der Waals surface area contributed by atoms with Crippen molar-refractivity contribution in [2.75, 3.05) is 17.7 Å². The minimum absolute atomic E-state index is 0.0156. The highest BCUT2D eigenvalue weighted by molar-refractivity contribution is 7.99. The van der Waals surface area contributed by atoms with Crippen molar-refractivity contribution in [1.29, 1.82) is 0 Å². The van der Waals surface area contributed by atoms with Gasteiger partial charge in [0.25, 0.3) is 5.91 Å². The van der Waals surface area contributed by atoms with Crippen molar-refractivity contribution in [2.24, 2.45) is 0 Å². The van der Waals surface area contributed by atoms with Gasteiger partial charge in [-0.3, -0.25) is 14.7 Å². The largest absolute Gasteiger partial charge is 0.337 e. The summed E-state index contributed by atoms with van der Waals surface area (Å²) < 4.78 is 0. The van der Waals surface area contributed by atoms with Crippen LogP contribution in [0.5, 0.6) is 0 Å². The third-order valence-corrected chi connectivity index (χ3v) is 5.62. The van der Waals surface area contributed by atoms with Crippen LogP contribution in [0, 0.1) is 18.8 Å². The van der Waals surface area contributed by atoms with Gasteiger partial charge in [-0.15, -0.1) is 16.9 Å². The number of carbonyl (C=O) groups is 2. The van der Waals surface area contributed by atoms with E-state index in [9.17, 15) is 9.59 Å². The molecule has 30 heavy (non-hydrogen) atoms. The third-order valence-electron chi connectivity index (χ3n) is 4.46. The number of rotatable bonds is 2. The summed E-state index contributed by atoms with van der Waals surface area (Å²) in [6, 6.07) is 10.6. The number of H-pyrrole nitrogens is 1. The number of aromatic amines is 1. The van der Waals surface area contributed by atoms with E-state index in [0.29, 0.717) is 17.3 Å². The Labute approximate surface area is 177 Å². The molecule has 1 aromatic carbocycles. The molecule has 0 saturated carbocycles. The third kappa shape index (κ3) is 4.18. The number of hydrogen-bond acceptors (Lipinski definition) is 6. The summed E-state index contributed by atoms with van der Waals surface area (Å²) in [5.74, 6) is 6.36. The molecule has 0 radical (unpaired) electrons. The maximum Gasteiger partial charge on any atom is 0.291 e. The van der Waals surface area contributed by atoms with Crippen LogP contribution in [0.25, 0.3) is 0 Å². The number of aromatic nitrogens is 4. The van der Waals surface area contributed by atoms with Crippen LogP contribution in [0.2, 0.25) is 0 Å². The first-order valence-electron chi connectivity index (χ1n) is 9.18. The number of nitrogens with zero attached hydrogens (tertiary/aromatic N) is 4. The van der Waals surface area contributed by atoms with Gasteiger partial charge in [0.05, 0.1) is 5.69 Å². The number of pyridine rings is 1. The highest BCUT2D eigenvalue weighted by Crippen LogP contribution is 2.34. The molecule has 1 aliphatic rings. The van der Waals surface area contributed by atoms with Gasteiger partial charge in [0.15, 0.2) is 0 Å². The molecule has 4 rings (SSSR count). The molecule has 150 valence electrons. The minimum Gasteiger partial charge on any atom is -0.337 e. The number of fused-ring (bicyclic) bond motifs is 1. The van der Waals surface area contributed by atoms with Gasteiger partial charge < -0.3 is 10.2 Å². The number of thioether (sulfide) groups is 1. The Morgan fingerprint density at radius 2 is 2.17 bits per heavy atom. The summed E-state index contributed by atoms with van der Waals surface area (Å²) in [6.07, 6.45) is 1.69. The van der Waals surface area contributed by atoms with Gasteiger partial charge >= 0.3 is 0 Å². The van der Waals surface area contributed by atoms with E-state index in [4.69, 9.17) is 0 Å². The molecule has 2 N–H and O–H groups in total. The monoisotopic (exact) mass is 418 g/mol. The highest BCUT2D eigenvalue weighted by atomic mass is 32.2. The molecule has 0 unspecified atom stereocenters. The van der Waals surface area contributed by atoms with E-state index in [1.165, 1.54) is 11.8 Å². The lowest BCUT2D eigenvalue weighted by Crippen LogP contribution is -2.48. The van der Waals surface area contributed by atoms with Crippen LogP contribution in [-0.2, 0) is 4.79 Å². The molecule has 1 aliphatic heterocycles. The molecule has 8 nitrogen and oxygen atoms in total. The second kappa shape index (κ2) is 8.39. The predicted octanol–water partition coefficient (Wildman–Crippen LogP) is 1.78. The lowest BCUT2D eigenvalue weighted by Gasteiger charge is -2.21. The van der Waals surface area contributed by atoms with Gasteiger partial charge in [-0.05, 0) is 43.2 Å². The van der Waals surface area contributed by atoms with Crippen molar-refractivity contribution in [3.63, 3.8) is 0 Å². The number of benzene rings is 1. The molecule has 2 amide bonds. The molecule has 9 heteroatoms. The zero-order valence-electron chi connectivity index (χ0n) is 16.3. The summed E-state index contributed by atoms with van der Waals surface area (Å²) in [6.45, 7) is 1.70. The molecule has 0 bridgehead atoms. The molecule has 2 aromatic heterocycles. The first-order chi connectivity index (χ1) is 14.5. The van der Waals surface area contributed by atoms with Gasteiger partial charge in [-0.2, -0.15) is 0 Å². The zero-order chi connectivity index (χ0) is 21.1. The molecular weight excluding hydrogens is 400 g/mol. The second-order valence-electron chi connectivity index (χ2n) is 6.63. The van der Waals surface area contributed by atoms with Crippen molar-refractivity contribution in [2.45, 2.75) is 17.9 Å². The van der Waals surface area contributed by atoms with Gasteiger partial charge in [-0.1, -0.05) is 12.0 Å². The number of likely N-dealkylation sites (N-methyl/N-ethyl adjacent to an activating group) is 1. The number of carbonyl (C=O) groups excluding carboxylic acids is 2. The Morgan fingerprint density at radius 1 is 1.30 bits per heavy atom. The van der Waals surface area contributed by atoms with Crippen LogP contribution in [0.1, 0.15) is 27.7 Å². The lowest BCUT2D eigenvalue weighted by molar-refractivity contribution is -0.119. The van der Waals surface area contributed by atoms with Crippen LogP contribution in [0.4, 0.5) is 5.69 Å². The quantitative estimate of drug-likeness (QED) is 0.615. The molecule has 0 aliphatic carbocycles. The van der Waals surface area contributed by atoms with Gasteiger partial charge in [0.1, 0.15) is 17.6 Å². The van der Waals surface area contributed by atoms with Crippen molar-refractivity contribution in [1.82, 2.24) is 25.5 Å². The summed E-state index contributed by atoms with van der Waals surface area (Å²) in [5.41, 5.74) is 2.21. The Kier molecular flexibility index (Phi) is 5.50. The normalized spacial score (nSPS) is 15.6. The Hall–Kier alpha value is -3.64. The van der Waals surface area contributed by atoms with Crippen molar-refractivity contribution in [3.05, 3.63) is 65.5 Å². The lowest BCUT2D eigenvalue weighted by atomic mass is 10.1. The average molecular weight is 418 g/mol. The fraction of sp³-hybridized carbons (Fsp3) is 0.190. The van der Waals surface area contributed by atoms with E-state index in [0.717, 1.165) is 16.1 Å². The maximum atomic E-state index is 13.0. The average Bonchev–Trinajstić information content (AvgIpc) is 3.17. The van der Waals surface area contributed by atoms with E-state index in [2.05, 4.69) is 37.3 Å². The van der Waals surface area contributed by atoms with Crippen molar-refractivity contribution >= 4 is 29.3 Å². The van der Waals surface area contributed by atoms with E-state index >= 15 is 0 Å². The summed E-state index contributed by atoms with van der Waals surface area (Å²) in [4.78, 5) is 36.0. The number of nitrogens with one attached hydrogen (secondary N) is 2. The molecular formula is C21H18N6O2S. The fourth-order valence-corrected chi connectivity index (χ4v) is 4.00. The van der Waals surface area contributed by atoms with Crippen molar-refractivity contribution in [3.8, 4) is 11.8 Å². The molecule has 3 heterocycles. The number of anilines is 1. The Balaban J connectivity index is 1.54. The summed E-state index contributed by atoms with van der Waals surface area (Å²) in [7, 11) is 1.69. The molecule has 1 atom stereocenters. The van der Waals surface area contributed by atoms with Crippen LogP contribution in [-0.4, -0.2) is 50.8 Å². The molecule has 0 fully saturated rings. The fourth-order valence-electron chi connectivity index (χ4n) is 2.92. The predicted molar refractivity (Wildman–Crippen MR) is 113 cm³/mol. The smallest absolute Gasteiger partial charge is 0.291 e. The highest BCUT2D eigenvalue weighted by Gasteiger charge is 2.30. The van der Waals surface area contributed by atoms with E-state index in [1.54, 1.807) is 25.1 Å². The van der Waals surface area contributed by atoms with Crippen LogP contribution >= 0.6 is 11.8 Å². The van der Waals surface area contributed by atoms with Crippen LogP contribution in [0.3, 0.4) is 0 Å². The van der Waals surface area contributed by atoms with Gasteiger partial charge in [0.2, 0.25) is 11.7 Å². The number of amides is 2. The maximum absolute atomic E-state index is 13.0.